The highest BCUT2D eigenvalue weighted by molar-refractivity contribution is 7.99. The molecule has 1 fully saturated rings. The molecule has 14 heavy (non-hydrogen) atoms. The molecule has 1 saturated heterocycles. The van der Waals surface area contributed by atoms with Gasteiger partial charge >= 0.3 is 5.97 Å². The predicted molar refractivity (Wildman–Crippen MR) is 52.3 cm³/mol. The van der Waals surface area contributed by atoms with E-state index in [4.69, 9.17) is 9.63 Å². The summed E-state index contributed by atoms with van der Waals surface area (Å²) < 4.78 is 5.12. The molecule has 2 heterocycles. The summed E-state index contributed by atoms with van der Waals surface area (Å²) in [5.41, 5.74) is 0.719. The van der Waals surface area contributed by atoms with E-state index in [1.165, 1.54) is 12.6 Å². The van der Waals surface area contributed by atoms with Crippen LogP contribution < -0.4 is 0 Å². The molecule has 1 aromatic heterocycles. The number of hydrogen-bond acceptors (Lipinski definition) is 4. The van der Waals surface area contributed by atoms with E-state index >= 15 is 0 Å². The molecule has 0 radical (unpaired) electrons. The van der Waals surface area contributed by atoms with Gasteiger partial charge in [0.05, 0.1) is 17.9 Å². The third kappa shape index (κ3) is 1.92. The second kappa shape index (κ2) is 4.04. The maximum absolute atomic E-state index is 10.6. The first-order valence-corrected chi connectivity index (χ1v) is 5.59. The Bertz CT molecular complexity index is 331. The zero-order valence-corrected chi connectivity index (χ0v) is 8.42. The summed E-state index contributed by atoms with van der Waals surface area (Å²) in [4.78, 5) is 10.6. The van der Waals surface area contributed by atoms with Gasteiger partial charge in [0.2, 0.25) is 0 Å². The maximum Gasteiger partial charge on any atom is 0.308 e. The van der Waals surface area contributed by atoms with E-state index in [2.05, 4.69) is 5.16 Å². The van der Waals surface area contributed by atoms with Gasteiger partial charge in [-0.1, -0.05) is 5.16 Å². The number of carbonyl (C=O) groups is 1. The Kier molecular flexibility index (Phi) is 2.77. The minimum Gasteiger partial charge on any atom is -0.481 e. The number of aromatic nitrogens is 1. The summed E-state index contributed by atoms with van der Waals surface area (Å²) in [6, 6.07) is 0. The summed E-state index contributed by atoms with van der Waals surface area (Å²) in [5.74, 6) is 1.05. The number of carboxylic acids is 1. The molecule has 1 N–H and O–H groups in total. The largest absolute Gasteiger partial charge is 0.481 e. The van der Waals surface area contributed by atoms with Crippen molar-refractivity contribution >= 4 is 17.7 Å². The van der Waals surface area contributed by atoms with Crippen LogP contribution in [0, 0.1) is 0 Å². The minimum atomic E-state index is -0.836. The Hall–Kier alpha value is -0.970. The molecule has 76 valence electrons. The number of rotatable bonds is 3. The quantitative estimate of drug-likeness (QED) is 0.830. The highest BCUT2D eigenvalue weighted by atomic mass is 32.2. The summed E-state index contributed by atoms with van der Waals surface area (Å²) >= 11 is 1.81. The summed E-state index contributed by atoms with van der Waals surface area (Å²) in [6.45, 7) is 0. The lowest BCUT2D eigenvalue weighted by Crippen LogP contribution is -2.02. The highest BCUT2D eigenvalue weighted by Gasteiger charge is 2.25. The molecule has 0 amide bonds. The molecule has 1 aliphatic heterocycles. The predicted octanol–water partition coefficient (Wildman–Crippen LogP) is 1.87. The molecule has 4 nitrogen and oxygen atoms in total. The lowest BCUT2D eigenvalue weighted by molar-refractivity contribution is -0.136. The molecular weight excluding hydrogens is 202 g/mol. The van der Waals surface area contributed by atoms with Crippen molar-refractivity contribution in [2.24, 2.45) is 0 Å². The van der Waals surface area contributed by atoms with Crippen molar-refractivity contribution in [2.75, 3.05) is 5.75 Å². The Morgan fingerprint density at radius 2 is 2.64 bits per heavy atom. The van der Waals surface area contributed by atoms with Crippen LogP contribution in [0.4, 0.5) is 0 Å². The number of carboxylic acid groups (broad SMARTS) is 1. The van der Waals surface area contributed by atoms with Gasteiger partial charge in [-0.2, -0.15) is 11.8 Å². The van der Waals surface area contributed by atoms with Gasteiger partial charge < -0.3 is 9.63 Å². The first-order chi connectivity index (χ1) is 6.77. The molecule has 1 atom stereocenters. The zero-order chi connectivity index (χ0) is 9.97. The van der Waals surface area contributed by atoms with Gasteiger partial charge in [0.15, 0.2) is 5.76 Å². The Morgan fingerprint density at radius 3 is 3.29 bits per heavy atom. The molecule has 0 aromatic carbocycles. The van der Waals surface area contributed by atoms with Gasteiger partial charge in [-0.05, 0) is 18.6 Å². The van der Waals surface area contributed by atoms with Gasteiger partial charge in [-0.25, -0.2) is 0 Å². The molecule has 0 bridgehead atoms. The van der Waals surface area contributed by atoms with Crippen LogP contribution >= 0.6 is 11.8 Å². The number of thioether (sulfide) groups is 1. The van der Waals surface area contributed by atoms with Crippen LogP contribution in [0.15, 0.2) is 10.7 Å². The fourth-order valence-electron chi connectivity index (χ4n) is 1.61. The molecular formula is C9H11NO3S. The van der Waals surface area contributed by atoms with Crippen molar-refractivity contribution < 1.29 is 14.4 Å². The standard InChI is InChI=1S/C9H11NO3S/c11-8(12)4-6-5-10-13-9(6)7-2-1-3-14-7/h5,7H,1-4H2,(H,11,12). The van der Waals surface area contributed by atoms with E-state index in [0.29, 0.717) is 5.25 Å². The molecule has 0 aliphatic carbocycles. The van der Waals surface area contributed by atoms with Crippen LogP contribution in [-0.4, -0.2) is 22.0 Å². The van der Waals surface area contributed by atoms with Crippen molar-refractivity contribution in [3.05, 3.63) is 17.5 Å². The Labute approximate surface area is 85.7 Å². The molecule has 5 heteroatoms. The van der Waals surface area contributed by atoms with E-state index in [0.717, 1.165) is 23.5 Å². The minimum absolute atomic E-state index is 0.00981. The Morgan fingerprint density at radius 1 is 1.79 bits per heavy atom. The van der Waals surface area contributed by atoms with E-state index in [1.54, 1.807) is 0 Å². The number of aliphatic carboxylic acids is 1. The Balaban J connectivity index is 2.15. The molecule has 0 spiro atoms. The molecule has 1 aromatic rings. The number of nitrogens with zero attached hydrogens (tertiary/aromatic N) is 1. The smallest absolute Gasteiger partial charge is 0.308 e. The van der Waals surface area contributed by atoms with E-state index < -0.39 is 5.97 Å². The average Bonchev–Trinajstić information content (AvgIpc) is 2.70. The lowest BCUT2D eigenvalue weighted by atomic mass is 10.1. The molecule has 1 unspecified atom stereocenters. The maximum atomic E-state index is 10.6. The van der Waals surface area contributed by atoms with E-state index in [-0.39, 0.29) is 6.42 Å². The zero-order valence-electron chi connectivity index (χ0n) is 7.60. The van der Waals surface area contributed by atoms with Gasteiger partial charge in [-0.15, -0.1) is 0 Å². The van der Waals surface area contributed by atoms with Crippen molar-refractivity contribution in [2.45, 2.75) is 24.5 Å². The monoisotopic (exact) mass is 213 g/mol. The van der Waals surface area contributed by atoms with E-state index in [9.17, 15) is 4.79 Å². The van der Waals surface area contributed by atoms with Crippen LogP contribution in [0.1, 0.15) is 29.4 Å². The second-order valence-electron chi connectivity index (χ2n) is 3.29. The third-order valence-electron chi connectivity index (χ3n) is 2.24. The average molecular weight is 213 g/mol. The number of hydrogen-bond donors (Lipinski definition) is 1. The van der Waals surface area contributed by atoms with Crippen molar-refractivity contribution in [1.82, 2.24) is 5.16 Å². The molecule has 2 rings (SSSR count). The summed E-state index contributed by atoms with van der Waals surface area (Å²) in [5, 5.41) is 12.7. The normalized spacial score (nSPS) is 21.3. The molecule has 0 saturated carbocycles. The first-order valence-electron chi connectivity index (χ1n) is 4.54. The fraction of sp³-hybridized carbons (Fsp3) is 0.556. The van der Waals surface area contributed by atoms with Crippen molar-refractivity contribution in [3.8, 4) is 0 Å². The summed E-state index contributed by atoms with van der Waals surface area (Å²) in [6.07, 6.45) is 3.76. The fourth-order valence-corrected chi connectivity index (χ4v) is 2.91. The van der Waals surface area contributed by atoms with Crippen LogP contribution in [-0.2, 0) is 11.2 Å². The third-order valence-corrected chi connectivity index (χ3v) is 3.62. The van der Waals surface area contributed by atoms with E-state index in [1.807, 2.05) is 11.8 Å². The topological polar surface area (TPSA) is 63.3 Å². The van der Waals surface area contributed by atoms with Gasteiger partial charge in [0, 0.05) is 5.56 Å². The molecule has 1 aliphatic rings. The SMILES string of the molecule is O=C(O)Cc1cnoc1C1CCCS1. The van der Waals surface area contributed by atoms with Crippen molar-refractivity contribution in [3.63, 3.8) is 0 Å². The first kappa shape index (κ1) is 9.58. The lowest BCUT2D eigenvalue weighted by Gasteiger charge is -2.04. The van der Waals surface area contributed by atoms with Crippen LogP contribution in [0.5, 0.6) is 0 Å². The second-order valence-corrected chi connectivity index (χ2v) is 4.60. The van der Waals surface area contributed by atoms with Gasteiger partial charge in [0.25, 0.3) is 0 Å². The highest BCUT2D eigenvalue weighted by Crippen LogP contribution is 2.41. The van der Waals surface area contributed by atoms with Crippen LogP contribution in [0.25, 0.3) is 0 Å². The van der Waals surface area contributed by atoms with Gasteiger partial charge in [0.1, 0.15) is 0 Å². The van der Waals surface area contributed by atoms with Crippen LogP contribution in [0.3, 0.4) is 0 Å². The van der Waals surface area contributed by atoms with Crippen molar-refractivity contribution in [1.29, 1.82) is 0 Å². The van der Waals surface area contributed by atoms with Gasteiger partial charge in [-0.3, -0.25) is 4.79 Å². The summed E-state index contributed by atoms with van der Waals surface area (Å²) in [7, 11) is 0. The van der Waals surface area contributed by atoms with Crippen LogP contribution in [0.2, 0.25) is 0 Å².